The molecule has 0 aliphatic carbocycles. The Balaban J connectivity index is 1.51. The number of hydrogen-bond donors (Lipinski definition) is 0. The van der Waals surface area contributed by atoms with Crippen molar-refractivity contribution in [2.75, 3.05) is 26.2 Å². The van der Waals surface area contributed by atoms with Gasteiger partial charge in [-0.3, -0.25) is 9.59 Å². The average Bonchev–Trinajstić information content (AvgIpc) is 2.73. The van der Waals surface area contributed by atoms with Crippen LogP contribution in [0.15, 0.2) is 59.5 Å². The van der Waals surface area contributed by atoms with Crippen molar-refractivity contribution in [1.82, 2.24) is 9.21 Å². The van der Waals surface area contributed by atoms with Crippen molar-refractivity contribution in [3.05, 3.63) is 66.0 Å². The fourth-order valence-electron chi connectivity index (χ4n) is 3.08. The van der Waals surface area contributed by atoms with Crippen LogP contribution in [0.2, 0.25) is 0 Å². The van der Waals surface area contributed by atoms with Crippen LogP contribution in [-0.4, -0.2) is 55.5 Å². The Kier molecular flexibility index (Phi) is 6.21. The predicted octanol–water partition coefficient (Wildman–Crippen LogP) is 2.32. The summed E-state index contributed by atoms with van der Waals surface area (Å²) in [6.07, 6.45) is 0.0780. The van der Waals surface area contributed by atoms with Crippen LogP contribution < -0.4 is 0 Å². The minimum atomic E-state index is -3.57. The summed E-state index contributed by atoms with van der Waals surface area (Å²) in [5.74, 6) is -0.832. The Morgan fingerprint density at radius 3 is 2.07 bits per heavy atom. The number of piperazine rings is 1. The summed E-state index contributed by atoms with van der Waals surface area (Å²) < 4.78 is 39.5. The Morgan fingerprint density at radius 1 is 0.857 bits per heavy atom. The number of benzene rings is 2. The Morgan fingerprint density at radius 2 is 1.46 bits per heavy atom. The number of sulfonamides is 1. The van der Waals surface area contributed by atoms with Gasteiger partial charge in [0.05, 0.1) is 4.90 Å². The van der Waals surface area contributed by atoms with Crippen LogP contribution in [0, 0.1) is 5.82 Å². The molecule has 6 nitrogen and oxygen atoms in total. The molecule has 0 N–H and O–H groups in total. The zero-order valence-corrected chi connectivity index (χ0v) is 16.1. The monoisotopic (exact) mass is 404 g/mol. The first-order valence-electron chi connectivity index (χ1n) is 8.99. The molecule has 3 rings (SSSR count). The molecular weight excluding hydrogens is 383 g/mol. The topological polar surface area (TPSA) is 74.8 Å². The molecule has 28 heavy (non-hydrogen) atoms. The molecule has 0 unspecified atom stereocenters. The van der Waals surface area contributed by atoms with Crippen molar-refractivity contribution in [3.8, 4) is 0 Å². The van der Waals surface area contributed by atoms with E-state index in [9.17, 15) is 22.4 Å². The molecule has 1 aliphatic heterocycles. The lowest BCUT2D eigenvalue weighted by Crippen LogP contribution is -2.50. The third-order valence-corrected chi connectivity index (χ3v) is 6.62. The Labute approximate surface area is 163 Å². The molecule has 0 saturated carbocycles. The van der Waals surface area contributed by atoms with E-state index in [0.29, 0.717) is 5.56 Å². The highest BCUT2D eigenvalue weighted by Crippen LogP contribution is 2.18. The van der Waals surface area contributed by atoms with Crippen molar-refractivity contribution in [2.24, 2.45) is 0 Å². The number of carbonyl (C=O) groups excluding carboxylic acids is 2. The van der Waals surface area contributed by atoms with E-state index in [1.807, 2.05) is 0 Å². The summed E-state index contributed by atoms with van der Waals surface area (Å²) in [6, 6.07) is 13.4. The second-order valence-electron chi connectivity index (χ2n) is 6.53. The third-order valence-electron chi connectivity index (χ3n) is 4.70. The van der Waals surface area contributed by atoms with Gasteiger partial charge in [0.25, 0.3) is 0 Å². The second kappa shape index (κ2) is 8.62. The van der Waals surface area contributed by atoms with Gasteiger partial charge < -0.3 is 4.90 Å². The number of rotatable bonds is 6. The standard InChI is InChI=1S/C20H21FN2O4S/c21-17-8-6-16(7-9-17)19(24)10-11-20(25)22-12-14-23(15-13-22)28(26,27)18-4-2-1-3-5-18/h1-9H,10-15H2. The highest BCUT2D eigenvalue weighted by atomic mass is 32.2. The molecule has 1 saturated heterocycles. The summed E-state index contributed by atoms with van der Waals surface area (Å²) in [5.41, 5.74) is 0.368. The Hall–Kier alpha value is -2.58. The van der Waals surface area contributed by atoms with Gasteiger partial charge in [-0.1, -0.05) is 18.2 Å². The van der Waals surface area contributed by atoms with Gasteiger partial charge in [0.1, 0.15) is 5.82 Å². The van der Waals surface area contributed by atoms with Gasteiger partial charge in [0.15, 0.2) is 5.78 Å². The van der Waals surface area contributed by atoms with Crippen molar-refractivity contribution in [1.29, 1.82) is 0 Å². The molecule has 0 aromatic heterocycles. The first kappa shape index (κ1) is 20.2. The molecule has 148 valence electrons. The maximum Gasteiger partial charge on any atom is 0.243 e. The zero-order chi connectivity index (χ0) is 20.1. The SMILES string of the molecule is O=C(CCC(=O)N1CCN(S(=O)(=O)c2ccccc2)CC1)c1ccc(F)cc1. The van der Waals surface area contributed by atoms with E-state index in [1.54, 1.807) is 35.2 Å². The van der Waals surface area contributed by atoms with Gasteiger partial charge in [-0.25, -0.2) is 12.8 Å². The predicted molar refractivity (Wildman–Crippen MR) is 102 cm³/mol. The first-order valence-corrected chi connectivity index (χ1v) is 10.4. The van der Waals surface area contributed by atoms with E-state index in [0.717, 1.165) is 0 Å². The molecule has 2 aromatic rings. The van der Waals surface area contributed by atoms with Crippen molar-refractivity contribution >= 4 is 21.7 Å². The van der Waals surface area contributed by atoms with Gasteiger partial charge in [0, 0.05) is 44.6 Å². The summed E-state index contributed by atoms with van der Waals surface area (Å²) >= 11 is 0. The number of halogens is 1. The molecule has 1 amide bonds. The number of hydrogen-bond acceptors (Lipinski definition) is 4. The van der Waals surface area contributed by atoms with Gasteiger partial charge in [-0.2, -0.15) is 4.31 Å². The maximum atomic E-state index is 12.9. The van der Waals surface area contributed by atoms with Crippen molar-refractivity contribution in [3.63, 3.8) is 0 Å². The lowest BCUT2D eigenvalue weighted by molar-refractivity contribution is -0.132. The summed E-state index contributed by atoms with van der Waals surface area (Å²) in [7, 11) is -3.57. The third kappa shape index (κ3) is 4.63. The average molecular weight is 404 g/mol. The second-order valence-corrected chi connectivity index (χ2v) is 8.47. The Bertz CT molecular complexity index is 938. The first-order chi connectivity index (χ1) is 13.4. The van der Waals surface area contributed by atoms with E-state index in [1.165, 1.54) is 28.6 Å². The molecule has 0 atom stereocenters. The largest absolute Gasteiger partial charge is 0.340 e. The molecule has 1 heterocycles. The van der Waals surface area contributed by atoms with Crippen LogP contribution in [0.3, 0.4) is 0 Å². The minimum absolute atomic E-state index is 0.0347. The number of carbonyl (C=O) groups is 2. The smallest absolute Gasteiger partial charge is 0.243 e. The van der Waals surface area contributed by atoms with Crippen LogP contribution in [-0.2, 0) is 14.8 Å². The molecular formula is C20H21FN2O4S. The van der Waals surface area contributed by atoms with Gasteiger partial charge >= 0.3 is 0 Å². The fraction of sp³-hybridized carbons (Fsp3) is 0.300. The maximum absolute atomic E-state index is 12.9. The van der Waals surface area contributed by atoms with E-state index in [-0.39, 0.29) is 55.6 Å². The zero-order valence-electron chi connectivity index (χ0n) is 15.3. The van der Waals surface area contributed by atoms with Gasteiger partial charge in [-0.15, -0.1) is 0 Å². The van der Waals surface area contributed by atoms with Crippen LogP contribution >= 0.6 is 0 Å². The lowest BCUT2D eigenvalue weighted by atomic mass is 10.1. The van der Waals surface area contributed by atoms with Crippen LogP contribution in [0.5, 0.6) is 0 Å². The van der Waals surface area contributed by atoms with Crippen molar-refractivity contribution < 1.29 is 22.4 Å². The van der Waals surface area contributed by atoms with E-state index in [4.69, 9.17) is 0 Å². The molecule has 0 spiro atoms. The van der Waals surface area contributed by atoms with Gasteiger partial charge in [-0.05, 0) is 36.4 Å². The number of nitrogens with zero attached hydrogens (tertiary/aromatic N) is 2. The normalized spacial score (nSPS) is 15.4. The molecule has 0 bridgehead atoms. The highest BCUT2D eigenvalue weighted by molar-refractivity contribution is 7.89. The molecule has 8 heteroatoms. The van der Waals surface area contributed by atoms with Gasteiger partial charge in [0.2, 0.25) is 15.9 Å². The molecule has 1 fully saturated rings. The van der Waals surface area contributed by atoms with Crippen molar-refractivity contribution in [2.45, 2.75) is 17.7 Å². The number of ketones is 1. The lowest BCUT2D eigenvalue weighted by Gasteiger charge is -2.34. The summed E-state index contributed by atoms with van der Waals surface area (Å²) in [5, 5.41) is 0. The van der Waals surface area contributed by atoms with E-state index in [2.05, 4.69) is 0 Å². The quantitative estimate of drug-likeness (QED) is 0.693. The minimum Gasteiger partial charge on any atom is -0.340 e. The molecule has 2 aromatic carbocycles. The number of Topliss-reactive ketones (excluding diaryl/α,β-unsaturated/α-hetero) is 1. The highest BCUT2D eigenvalue weighted by Gasteiger charge is 2.29. The molecule has 1 aliphatic rings. The van der Waals surface area contributed by atoms with Crippen LogP contribution in [0.25, 0.3) is 0 Å². The van der Waals surface area contributed by atoms with Crippen LogP contribution in [0.4, 0.5) is 4.39 Å². The molecule has 0 radical (unpaired) electrons. The summed E-state index contributed by atoms with van der Waals surface area (Å²) in [4.78, 5) is 26.3. The summed E-state index contributed by atoms with van der Waals surface area (Å²) in [6.45, 7) is 1.01. The van der Waals surface area contributed by atoms with Crippen LogP contribution in [0.1, 0.15) is 23.2 Å². The van der Waals surface area contributed by atoms with E-state index < -0.39 is 15.8 Å². The fourth-order valence-corrected chi connectivity index (χ4v) is 4.52. The van der Waals surface area contributed by atoms with E-state index >= 15 is 0 Å². The number of amides is 1.